The van der Waals surface area contributed by atoms with Crippen LogP contribution in [-0.4, -0.2) is 51.9 Å². The van der Waals surface area contributed by atoms with Crippen LogP contribution in [0.5, 0.6) is 0 Å². The third kappa shape index (κ3) is 5.04. The Morgan fingerprint density at radius 1 is 1.17 bits per heavy atom. The Hall–Kier alpha value is -1.36. The second-order valence-electron chi connectivity index (χ2n) is 9.89. The largest absolute Gasteiger partial charge is 0.345 e. The molecule has 0 aromatic carbocycles. The van der Waals surface area contributed by atoms with Gasteiger partial charge in [0.25, 0.3) is 0 Å². The second-order valence-corrected chi connectivity index (χ2v) is 9.89. The molecule has 0 radical (unpaired) electrons. The van der Waals surface area contributed by atoms with Crippen molar-refractivity contribution in [3.8, 4) is 0 Å². The van der Waals surface area contributed by atoms with Crippen molar-refractivity contribution in [1.82, 2.24) is 19.8 Å². The topological polar surface area (TPSA) is 52.2 Å². The van der Waals surface area contributed by atoms with E-state index in [0.29, 0.717) is 5.91 Å². The van der Waals surface area contributed by atoms with E-state index in [0.717, 1.165) is 63.7 Å². The highest BCUT2D eigenvalue weighted by Gasteiger charge is 2.48. The Bertz CT molecular complexity index is 666. The van der Waals surface area contributed by atoms with Crippen molar-refractivity contribution in [2.24, 2.45) is 11.3 Å². The van der Waals surface area contributed by atoms with Crippen molar-refractivity contribution < 1.29 is 4.79 Å². The zero-order chi connectivity index (χ0) is 20.1. The van der Waals surface area contributed by atoms with Gasteiger partial charge in [0.1, 0.15) is 5.82 Å². The van der Waals surface area contributed by atoms with Crippen LogP contribution in [0, 0.1) is 11.3 Å². The van der Waals surface area contributed by atoms with Crippen molar-refractivity contribution >= 4 is 5.91 Å². The van der Waals surface area contributed by atoms with Gasteiger partial charge in [-0.05, 0) is 44.6 Å². The first-order valence-corrected chi connectivity index (χ1v) is 12.2. The molecule has 5 nitrogen and oxygen atoms in total. The number of aromatic nitrogens is 2. The summed E-state index contributed by atoms with van der Waals surface area (Å²) in [4.78, 5) is 26.1. The summed E-state index contributed by atoms with van der Waals surface area (Å²) in [5, 5.41) is 0. The summed E-state index contributed by atoms with van der Waals surface area (Å²) < 4.78 is 0. The van der Waals surface area contributed by atoms with Gasteiger partial charge in [-0.3, -0.25) is 9.69 Å². The molecule has 3 aliphatic rings. The maximum atomic E-state index is 13.4. The van der Waals surface area contributed by atoms with Gasteiger partial charge in [0.05, 0.1) is 5.41 Å². The van der Waals surface area contributed by atoms with Crippen LogP contribution in [0.4, 0.5) is 0 Å². The van der Waals surface area contributed by atoms with E-state index >= 15 is 0 Å². The van der Waals surface area contributed by atoms with Crippen molar-refractivity contribution in [3.63, 3.8) is 0 Å². The molecule has 0 unspecified atom stereocenters. The number of unbranched alkanes of at least 4 members (excludes halogenated alkanes) is 1. The maximum Gasteiger partial charge on any atom is 0.230 e. The molecule has 1 spiro atoms. The maximum absolute atomic E-state index is 13.4. The first-order chi connectivity index (χ1) is 14.2. The first kappa shape index (κ1) is 20.9. The molecule has 2 aliphatic heterocycles. The molecule has 4 rings (SSSR count). The Morgan fingerprint density at radius 3 is 2.86 bits per heavy atom. The number of carbonyl (C=O) groups is 1. The van der Waals surface area contributed by atoms with E-state index in [2.05, 4.69) is 26.7 Å². The van der Waals surface area contributed by atoms with Gasteiger partial charge in [0, 0.05) is 44.5 Å². The molecule has 162 valence electrons. The summed E-state index contributed by atoms with van der Waals surface area (Å²) >= 11 is 0. The zero-order valence-electron chi connectivity index (χ0n) is 18.4. The Kier molecular flexibility index (Phi) is 6.94. The van der Waals surface area contributed by atoms with Crippen LogP contribution < -0.4 is 0 Å². The van der Waals surface area contributed by atoms with E-state index in [4.69, 9.17) is 0 Å². The number of hydrogen-bond donors (Lipinski definition) is 1. The summed E-state index contributed by atoms with van der Waals surface area (Å²) in [7, 11) is 0. The first-order valence-electron chi connectivity index (χ1n) is 12.2. The molecule has 1 amide bonds. The van der Waals surface area contributed by atoms with Crippen LogP contribution in [0.1, 0.15) is 89.1 Å². The monoisotopic (exact) mass is 400 g/mol. The number of rotatable bonds is 8. The van der Waals surface area contributed by atoms with Crippen molar-refractivity contribution in [2.75, 3.05) is 26.2 Å². The molecule has 3 heterocycles. The number of aromatic amines is 1. The molecule has 1 atom stereocenters. The number of amides is 1. The Morgan fingerprint density at radius 2 is 2.03 bits per heavy atom. The predicted molar refractivity (Wildman–Crippen MR) is 117 cm³/mol. The molecular formula is C24H40N4O. The van der Waals surface area contributed by atoms with Gasteiger partial charge >= 0.3 is 0 Å². The highest BCUT2D eigenvalue weighted by Crippen LogP contribution is 2.41. The van der Waals surface area contributed by atoms with Gasteiger partial charge in [0.2, 0.25) is 5.91 Å². The lowest BCUT2D eigenvalue weighted by atomic mass is 9.78. The molecule has 1 saturated carbocycles. The standard InChI is InChI=1S/C24H40N4O/c1-2-3-10-22-25-17-21(26-22)18-27-16-13-24(19-27)12-7-14-28(23(24)29)15-11-20-8-5-4-6-9-20/h17,20H,2-16,18-19H2,1H3,(H,25,26)/t24-/m0/s1. The average molecular weight is 401 g/mol. The van der Waals surface area contributed by atoms with E-state index in [9.17, 15) is 4.79 Å². The average Bonchev–Trinajstić information content (AvgIpc) is 3.36. The normalized spacial score (nSPS) is 26.7. The van der Waals surface area contributed by atoms with Crippen LogP contribution in [0.15, 0.2) is 6.20 Å². The van der Waals surface area contributed by atoms with E-state index in [-0.39, 0.29) is 5.41 Å². The highest BCUT2D eigenvalue weighted by atomic mass is 16.2. The lowest BCUT2D eigenvalue weighted by Crippen LogP contribution is -2.50. The smallest absolute Gasteiger partial charge is 0.230 e. The summed E-state index contributed by atoms with van der Waals surface area (Å²) in [5.74, 6) is 2.42. The van der Waals surface area contributed by atoms with Crippen molar-refractivity contribution in [2.45, 2.75) is 90.5 Å². The number of piperidine rings is 1. The molecule has 1 aliphatic carbocycles. The number of carbonyl (C=O) groups excluding carboxylic acids is 1. The van der Waals surface area contributed by atoms with E-state index in [1.54, 1.807) is 0 Å². The Labute approximate surface area is 176 Å². The minimum absolute atomic E-state index is 0.115. The molecule has 0 bridgehead atoms. The summed E-state index contributed by atoms with van der Waals surface area (Å²) in [6, 6.07) is 0. The van der Waals surface area contributed by atoms with E-state index in [1.165, 1.54) is 63.5 Å². The molecule has 1 N–H and O–H groups in total. The summed E-state index contributed by atoms with van der Waals surface area (Å²) in [6.45, 7) is 7.05. The Balaban J connectivity index is 1.29. The van der Waals surface area contributed by atoms with Gasteiger partial charge in [-0.15, -0.1) is 0 Å². The van der Waals surface area contributed by atoms with Gasteiger partial charge < -0.3 is 9.88 Å². The molecule has 2 saturated heterocycles. The third-order valence-electron chi connectivity index (χ3n) is 7.63. The zero-order valence-corrected chi connectivity index (χ0v) is 18.4. The second kappa shape index (κ2) is 9.63. The molecular weight excluding hydrogens is 360 g/mol. The number of nitrogens with one attached hydrogen (secondary N) is 1. The number of hydrogen-bond acceptors (Lipinski definition) is 3. The summed E-state index contributed by atoms with van der Waals surface area (Å²) in [5.41, 5.74) is 1.08. The van der Waals surface area contributed by atoms with Crippen LogP contribution in [-0.2, 0) is 17.8 Å². The van der Waals surface area contributed by atoms with Gasteiger partial charge in [0.15, 0.2) is 0 Å². The lowest BCUT2D eigenvalue weighted by molar-refractivity contribution is -0.145. The molecule has 1 aromatic heterocycles. The van der Waals surface area contributed by atoms with Crippen LogP contribution in [0.2, 0.25) is 0 Å². The van der Waals surface area contributed by atoms with Gasteiger partial charge in [-0.1, -0.05) is 45.4 Å². The molecule has 5 heteroatoms. The van der Waals surface area contributed by atoms with E-state index < -0.39 is 0 Å². The summed E-state index contributed by atoms with van der Waals surface area (Å²) in [6.07, 6.45) is 16.9. The van der Waals surface area contributed by atoms with E-state index in [1.807, 2.05) is 6.20 Å². The number of likely N-dealkylation sites (tertiary alicyclic amines) is 2. The molecule has 29 heavy (non-hydrogen) atoms. The van der Waals surface area contributed by atoms with Gasteiger partial charge in [-0.2, -0.15) is 0 Å². The SMILES string of the molecule is CCCCc1ncc(CN2CC[C@@]3(CCCN(CCC4CCCCC4)C3=O)C2)[nH]1. The number of imidazole rings is 1. The number of H-pyrrole nitrogens is 1. The van der Waals surface area contributed by atoms with Crippen molar-refractivity contribution in [1.29, 1.82) is 0 Å². The molecule has 3 fully saturated rings. The fourth-order valence-electron chi connectivity index (χ4n) is 5.85. The fraction of sp³-hybridized carbons (Fsp3) is 0.833. The van der Waals surface area contributed by atoms with Crippen LogP contribution in [0.25, 0.3) is 0 Å². The quantitative estimate of drug-likeness (QED) is 0.697. The number of aryl methyl sites for hydroxylation is 1. The lowest BCUT2D eigenvalue weighted by Gasteiger charge is -2.40. The van der Waals surface area contributed by atoms with Crippen LogP contribution in [0.3, 0.4) is 0 Å². The minimum atomic E-state index is -0.115. The van der Waals surface area contributed by atoms with Crippen molar-refractivity contribution in [3.05, 3.63) is 17.7 Å². The van der Waals surface area contributed by atoms with Crippen LogP contribution >= 0.6 is 0 Å². The highest BCUT2D eigenvalue weighted by molar-refractivity contribution is 5.84. The predicted octanol–water partition coefficient (Wildman–Crippen LogP) is 4.54. The minimum Gasteiger partial charge on any atom is -0.345 e. The third-order valence-corrected chi connectivity index (χ3v) is 7.63. The fourth-order valence-corrected chi connectivity index (χ4v) is 5.85. The molecule has 1 aromatic rings. The van der Waals surface area contributed by atoms with Gasteiger partial charge in [-0.25, -0.2) is 4.98 Å². The number of nitrogens with zero attached hydrogens (tertiary/aromatic N) is 3.